The van der Waals surface area contributed by atoms with Gasteiger partial charge in [-0.1, -0.05) is 41.9 Å². The van der Waals surface area contributed by atoms with Crippen LogP contribution in [-0.2, 0) is 13.2 Å². The van der Waals surface area contributed by atoms with Gasteiger partial charge in [-0.3, -0.25) is 0 Å². The van der Waals surface area contributed by atoms with E-state index in [9.17, 15) is 0 Å². The zero-order valence-electron chi connectivity index (χ0n) is 10.2. The molecule has 0 radical (unpaired) electrons. The van der Waals surface area contributed by atoms with Crippen LogP contribution in [0.5, 0.6) is 5.75 Å². The molecule has 0 spiro atoms. The molecule has 0 aliphatic heterocycles. The molecule has 0 atom stereocenters. The maximum Gasteiger partial charge on any atom is 0.141 e. The highest BCUT2D eigenvalue weighted by molar-refractivity contribution is 6.32. The van der Waals surface area contributed by atoms with Crippen LogP contribution in [0.25, 0.3) is 0 Å². The van der Waals surface area contributed by atoms with Crippen LogP contribution in [0.15, 0.2) is 42.5 Å². The number of hydrogen-bond acceptors (Lipinski definition) is 2. The van der Waals surface area contributed by atoms with Crippen LogP contribution in [0.4, 0.5) is 0 Å². The van der Waals surface area contributed by atoms with E-state index in [1.54, 1.807) is 6.07 Å². The van der Waals surface area contributed by atoms with Crippen molar-refractivity contribution in [2.45, 2.75) is 20.1 Å². The maximum atomic E-state index is 9.09. The highest BCUT2D eigenvalue weighted by Gasteiger charge is 2.08. The van der Waals surface area contributed by atoms with Gasteiger partial charge in [0.15, 0.2) is 0 Å². The Bertz CT molecular complexity index is 500. The second kappa shape index (κ2) is 5.89. The van der Waals surface area contributed by atoms with Gasteiger partial charge < -0.3 is 9.84 Å². The Labute approximate surface area is 112 Å². The van der Waals surface area contributed by atoms with Gasteiger partial charge in [-0.05, 0) is 35.7 Å². The van der Waals surface area contributed by atoms with Gasteiger partial charge in [-0.2, -0.15) is 0 Å². The molecule has 0 amide bonds. The van der Waals surface area contributed by atoms with Crippen LogP contribution in [0.2, 0.25) is 5.02 Å². The summed E-state index contributed by atoms with van der Waals surface area (Å²) < 4.78 is 5.74. The summed E-state index contributed by atoms with van der Waals surface area (Å²) in [7, 11) is 0. The number of ether oxygens (including phenoxy) is 1. The van der Waals surface area contributed by atoms with E-state index in [1.165, 1.54) is 0 Å². The molecule has 2 nitrogen and oxygen atoms in total. The van der Waals surface area contributed by atoms with Crippen molar-refractivity contribution in [1.82, 2.24) is 0 Å². The fourth-order valence-corrected chi connectivity index (χ4v) is 2.15. The fraction of sp³-hybridized carbons (Fsp3) is 0.200. The van der Waals surface area contributed by atoms with Crippen molar-refractivity contribution >= 4 is 11.6 Å². The lowest BCUT2D eigenvalue weighted by Crippen LogP contribution is -1.98. The minimum atomic E-state index is -0.0144. The van der Waals surface area contributed by atoms with Crippen LogP contribution < -0.4 is 4.74 Å². The van der Waals surface area contributed by atoms with E-state index in [2.05, 4.69) is 0 Å². The van der Waals surface area contributed by atoms with Crippen molar-refractivity contribution in [2.75, 3.05) is 0 Å². The Morgan fingerprint density at radius 2 is 1.83 bits per heavy atom. The van der Waals surface area contributed by atoms with E-state index >= 15 is 0 Å². The summed E-state index contributed by atoms with van der Waals surface area (Å²) in [4.78, 5) is 0. The number of hydrogen-bond donors (Lipinski definition) is 1. The number of aryl methyl sites for hydroxylation is 1. The molecule has 0 aliphatic rings. The van der Waals surface area contributed by atoms with E-state index in [4.69, 9.17) is 21.4 Å². The Kier molecular flexibility index (Phi) is 4.24. The third-order valence-corrected chi connectivity index (χ3v) is 2.98. The number of halogens is 1. The van der Waals surface area contributed by atoms with E-state index in [0.29, 0.717) is 17.4 Å². The number of rotatable bonds is 4. The minimum Gasteiger partial charge on any atom is -0.487 e. The van der Waals surface area contributed by atoms with Gasteiger partial charge in [0.2, 0.25) is 0 Å². The predicted octanol–water partition coefficient (Wildman–Crippen LogP) is 3.72. The van der Waals surface area contributed by atoms with Gasteiger partial charge in [0.05, 0.1) is 11.6 Å². The molecule has 0 aromatic heterocycles. The molecule has 0 unspecified atom stereocenters. The molecule has 0 saturated heterocycles. The summed E-state index contributed by atoms with van der Waals surface area (Å²) in [6.07, 6.45) is 0. The van der Waals surface area contributed by atoms with Crippen molar-refractivity contribution in [3.05, 3.63) is 64.2 Å². The van der Waals surface area contributed by atoms with Crippen molar-refractivity contribution in [2.24, 2.45) is 0 Å². The lowest BCUT2D eigenvalue weighted by atomic mass is 10.1. The topological polar surface area (TPSA) is 29.5 Å². The van der Waals surface area contributed by atoms with E-state index in [-0.39, 0.29) is 6.61 Å². The van der Waals surface area contributed by atoms with Crippen LogP contribution in [0.3, 0.4) is 0 Å². The average molecular weight is 263 g/mol. The fourth-order valence-electron chi connectivity index (χ4n) is 1.81. The van der Waals surface area contributed by atoms with Crippen LogP contribution in [0, 0.1) is 6.92 Å². The monoisotopic (exact) mass is 262 g/mol. The van der Waals surface area contributed by atoms with E-state index < -0.39 is 0 Å². The summed E-state index contributed by atoms with van der Waals surface area (Å²) in [5, 5.41) is 9.62. The third-order valence-electron chi connectivity index (χ3n) is 2.70. The molecule has 0 saturated carbocycles. The Morgan fingerprint density at radius 3 is 2.44 bits per heavy atom. The molecule has 0 heterocycles. The van der Waals surface area contributed by atoms with Crippen molar-refractivity contribution in [3.8, 4) is 5.75 Å². The number of aliphatic hydroxyl groups is 1. The first kappa shape index (κ1) is 12.9. The van der Waals surface area contributed by atoms with Crippen LogP contribution >= 0.6 is 11.6 Å². The molecule has 94 valence electrons. The quantitative estimate of drug-likeness (QED) is 0.910. The van der Waals surface area contributed by atoms with Gasteiger partial charge in [0.1, 0.15) is 12.4 Å². The van der Waals surface area contributed by atoms with Gasteiger partial charge in [0.25, 0.3) is 0 Å². The molecule has 18 heavy (non-hydrogen) atoms. The molecule has 0 fully saturated rings. The maximum absolute atomic E-state index is 9.09. The summed E-state index contributed by atoms with van der Waals surface area (Å²) in [5.41, 5.74) is 2.83. The normalized spacial score (nSPS) is 10.4. The lowest BCUT2D eigenvalue weighted by molar-refractivity contribution is 0.280. The largest absolute Gasteiger partial charge is 0.487 e. The van der Waals surface area contributed by atoms with E-state index in [0.717, 1.165) is 16.7 Å². The number of benzene rings is 2. The predicted molar refractivity (Wildman–Crippen MR) is 72.9 cm³/mol. The molecular formula is C15H15ClO2. The van der Waals surface area contributed by atoms with Gasteiger partial charge in [-0.15, -0.1) is 0 Å². The molecule has 2 rings (SSSR count). The van der Waals surface area contributed by atoms with Crippen LogP contribution in [-0.4, -0.2) is 5.11 Å². The van der Waals surface area contributed by atoms with Crippen LogP contribution in [0.1, 0.15) is 16.7 Å². The molecule has 2 aromatic carbocycles. The first-order valence-electron chi connectivity index (χ1n) is 5.77. The standard InChI is InChI=1S/C15H15ClO2/c1-11-7-13(9-17)8-14(16)15(11)18-10-12-5-3-2-4-6-12/h2-8,17H,9-10H2,1H3. The highest BCUT2D eigenvalue weighted by Crippen LogP contribution is 2.30. The summed E-state index contributed by atoms with van der Waals surface area (Å²) >= 11 is 6.14. The Balaban J connectivity index is 2.15. The van der Waals surface area contributed by atoms with Gasteiger partial charge in [-0.25, -0.2) is 0 Å². The first-order valence-corrected chi connectivity index (χ1v) is 6.15. The smallest absolute Gasteiger partial charge is 0.141 e. The van der Waals surface area contributed by atoms with Crippen molar-refractivity contribution < 1.29 is 9.84 Å². The molecule has 3 heteroatoms. The average Bonchev–Trinajstić information content (AvgIpc) is 2.38. The Hall–Kier alpha value is -1.51. The SMILES string of the molecule is Cc1cc(CO)cc(Cl)c1OCc1ccccc1. The molecular weight excluding hydrogens is 248 g/mol. The lowest BCUT2D eigenvalue weighted by Gasteiger charge is -2.12. The second-order valence-corrected chi connectivity index (χ2v) is 4.56. The van der Waals surface area contributed by atoms with Crippen molar-refractivity contribution in [1.29, 1.82) is 0 Å². The molecule has 1 N–H and O–H groups in total. The first-order chi connectivity index (χ1) is 8.70. The highest BCUT2D eigenvalue weighted by atomic mass is 35.5. The molecule has 2 aromatic rings. The summed E-state index contributed by atoms with van der Waals surface area (Å²) in [6.45, 7) is 2.39. The summed E-state index contributed by atoms with van der Waals surface area (Å²) in [6, 6.07) is 13.5. The Morgan fingerprint density at radius 1 is 1.11 bits per heavy atom. The minimum absolute atomic E-state index is 0.0144. The van der Waals surface area contributed by atoms with Crippen molar-refractivity contribution in [3.63, 3.8) is 0 Å². The van der Waals surface area contributed by atoms with Gasteiger partial charge in [0, 0.05) is 0 Å². The molecule has 0 aliphatic carbocycles. The zero-order chi connectivity index (χ0) is 13.0. The number of aliphatic hydroxyl groups excluding tert-OH is 1. The van der Waals surface area contributed by atoms with Gasteiger partial charge >= 0.3 is 0 Å². The third kappa shape index (κ3) is 3.03. The molecule has 0 bridgehead atoms. The zero-order valence-corrected chi connectivity index (χ0v) is 10.9. The summed E-state index contributed by atoms with van der Waals surface area (Å²) in [5.74, 6) is 0.678. The second-order valence-electron chi connectivity index (χ2n) is 4.16. The van der Waals surface area contributed by atoms with E-state index in [1.807, 2.05) is 43.3 Å².